The van der Waals surface area contributed by atoms with E-state index in [0.29, 0.717) is 16.1 Å². The molecule has 0 saturated heterocycles. The Labute approximate surface area is 135 Å². The summed E-state index contributed by atoms with van der Waals surface area (Å²) in [5, 5.41) is 26.5. The molecular formula is C14H11ClN4O4. The monoisotopic (exact) mass is 334 g/mol. The quantitative estimate of drug-likeness (QED) is 0.506. The Balaban J connectivity index is 2.40. The summed E-state index contributed by atoms with van der Waals surface area (Å²) in [6.45, 7) is 1.54. The third-order valence-electron chi connectivity index (χ3n) is 2.92. The smallest absolute Gasteiger partial charge is 0.266 e. The van der Waals surface area contributed by atoms with Gasteiger partial charge in [0.15, 0.2) is 0 Å². The Morgan fingerprint density at radius 3 is 2.22 bits per heavy atom. The van der Waals surface area contributed by atoms with Gasteiger partial charge in [0.05, 0.1) is 16.1 Å². The summed E-state index contributed by atoms with van der Waals surface area (Å²) >= 11 is 5.95. The third kappa shape index (κ3) is 3.80. The lowest BCUT2D eigenvalue weighted by molar-refractivity contribution is -0.392. The van der Waals surface area contributed by atoms with Gasteiger partial charge in [-0.1, -0.05) is 29.8 Å². The van der Waals surface area contributed by atoms with E-state index in [0.717, 1.165) is 0 Å². The molecule has 0 amide bonds. The van der Waals surface area contributed by atoms with Gasteiger partial charge in [-0.3, -0.25) is 25.7 Å². The molecule has 0 heterocycles. The third-order valence-corrected chi connectivity index (χ3v) is 3.26. The van der Waals surface area contributed by atoms with Crippen LogP contribution in [0, 0.1) is 27.2 Å². The van der Waals surface area contributed by atoms with Crippen LogP contribution in [0.4, 0.5) is 17.1 Å². The number of halogens is 1. The molecule has 8 nitrogen and oxygen atoms in total. The second-order valence-electron chi connectivity index (χ2n) is 4.58. The van der Waals surface area contributed by atoms with Crippen LogP contribution < -0.4 is 5.43 Å². The molecule has 118 valence electrons. The highest BCUT2D eigenvalue weighted by Crippen LogP contribution is 2.35. The highest BCUT2D eigenvalue weighted by Gasteiger charge is 2.25. The number of hydrazone groups is 1. The molecule has 0 unspecified atom stereocenters. The number of nitrogens with zero attached hydrogens (tertiary/aromatic N) is 3. The van der Waals surface area contributed by atoms with Crippen molar-refractivity contribution in [3.63, 3.8) is 0 Å². The minimum absolute atomic E-state index is 0.283. The number of aryl methyl sites for hydroxylation is 1. The van der Waals surface area contributed by atoms with E-state index in [4.69, 9.17) is 11.6 Å². The van der Waals surface area contributed by atoms with Crippen molar-refractivity contribution in [1.29, 1.82) is 0 Å². The summed E-state index contributed by atoms with van der Waals surface area (Å²) < 4.78 is 0. The average molecular weight is 335 g/mol. The molecule has 0 fully saturated rings. The molecule has 0 aromatic heterocycles. The molecular weight excluding hydrogens is 324 g/mol. The minimum Gasteiger partial charge on any atom is -0.266 e. The van der Waals surface area contributed by atoms with Gasteiger partial charge in [0.2, 0.25) is 5.69 Å². The summed E-state index contributed by atoms with van der Waals surface area (Å²) in [5.74, 6) is 0. The van der Waals surface area contributed by atoms with Gasteiger partial charge in [-0.05, 0) is 18.6 Å². The zero-order valence-electron chi connectivity index (χ0n) is 11.9. The van der Waals surface area contributed by atoms with Crippen LogP contribution in [-0.4, -0.2) is 16.1 Å². The maximum Gasteiger partial charge on any atom is 0.301 e. The summed E-state index contributed by atoms with van der Waals surface area (Å²) in [6.07, 6.45) is 1.33. The van der Waals surface area contributed by atoms with Crippen molar-refractivity contribution in [3.05, 3.63) is 72.8 Å². The Morgan fingerprint density at radius 1 is 1.13 bits per heavy atom. The van der Waals surface area contributed by atoms with Gasteiger partial charge in [0.25, 0.3) is 0 Å². The SMILES string of the molecule is Cc1cc([N+](=O)[O-])c(N/N=C\c2ccccc2Cl)c([N+](=O)[O-])c1. The molecule has 23 heavy (non-hydrogen) atoms. The maximum atomic E-state index is 11.1. The number of benzene rings is 2. The second-order valence-corrected chi connectivity index (χ2v) is 4.99. The summed E-state index contributed by atoms with van der Waals surface area (Å²) in [4.78, 5) is 20.8. The van der Waals surface area contributed by atoms with Crippen LogP contribution in [0.1, 0.15) is 11.1 Å². The molecule has 0 radical (unpaired) electrons. The van der Waals surface area contributed by atoms with Crippen molar-refractivity contribution in [1.82, 2.24) is 0 Å². The molecule has 0 saturated carbocycles. The predicted octanol–water partition coefficient (Wildman–Crippen LogP) is 3.91. The highest BCUT2D eigenvalue weighted by molar-refractivity contribution is 6.33. The van der Waals surface area contributed by atoms with E-state index < -0.39 is 21.2 Å². The fourth-order valence-electron chi connectivity index (χ4n) is 1.90. The molecule has 0 bridgehead atoms. The fourth-order valence-corrected chi connectivity index (χ4v) is 2.08. The van der Waals surface area contributed by atoms with Crippen LogP contribution >= 0.6 is 11.6 Å². The first-order valence-corrected chi connectivity index (χ1v) is 6.75. The van der Waals surface area contributed by atoms with Gasteiger partial charge in [-0.2, -0.15) is 5.10 Å². The summed E-state index contributed by atoms with van der Waals surface area (Å²) in [7, 11) is 0. The second kappa shape index (κ2) is 6.84. The van der Waals surface area contributed by atoms with Crippen LogP contribution in [0.5, 0.6) is 0 Å². The molecule has 1 N–H and O–H groups in total. The summed E-state index contributed by atoms with van der Waals surface area (Å²) in [5.41, 5.74) is 2.22. The van der Waals surface area contributed by atoms with Crippen molar-refractivity contribution < 1.29 is 9.85 Å². The topological polar surface area (TPSA) is 111 Å². The molecule has 0 aliphatic rings. The molecule has 0 spiro atoms. The fraction of sp³-hybridized carbons (Fsp3) is 0.0714. The lowest BCUT2D eigenvalue weighted by Crippen LogP contribution is -2.02. The van der Waals surface area contributed by atoms with Crippen molar-refractivity contribution in [2.75, 3.05) is 5.43 Å². The van der Waals surface area contributed by atoms with Crippen LogP contribution in [-0.2, 0) is 0 Å². The number of rotatable bonds is 5. The first kappa shape index (κ1) is 16.4. The van der Waals surface area contributed by atoms with Gasteiger partial charge in [-0.25, -0.2) is 0 Å². The van der Waals surface area contributed by atoms with Crippen LogP contribution in [0.15, 0.2) is 41.5 Å². The maximum absolute atomic E-state index is 11.1. The zero-order valence-corrected chi connectivity index (χ0v) is 12.6. The predicted molar refractivity (Wildman–Crippen MR) is 87.2 cm³/mol. The van der Waals surface area contributed by atoms with Crippen LogP contribution in [0.25, 0.3) is 0 Å². The average Bonchev–Trinajstić information content (AvgIpc) is 2.49. The first-order valence-electron chi connectivity index (χ1n) is 6.37. The molecule has 0 aliphatic carbocycles. The zero-order chi connectivity index (χ0) is 17.0. The van der Waals surface area contributed by atoms with Crippen molar-refractivity contribution in [2.45, 2.75) is 6.92 Å². The molecule has 9 heteroatoms. The Kier molecular flexibility index (Phi) is 4.87. The van der Waals surface area contributed by atoms with Crippen molar-refractivity contribution >= 4 is 34.9 Å². The van der Waals surface area contributed by atoms with E-state index in [1.165, 1.54) is 25.3 Å². The molecule has 2 aromatic rings. The lowest BCUT2D eigenvalue weighted by Gasteiger charge is -2.05. The molecule has 0 aliphatic heterocycles. The van der Waals surface area contributed by atoms with Gasteiger partial charge in [-0.15, -0.1) is 0 Å². The number of nitro groups is 2. The van der Waals surface area contributed by atoms with Crippen LogP contribution in [0.2, 0.25) is 5.02 Å². The minimum atomic E-state index is -0.701. The highest BCUT2D eigenvalue weighted by atomic mass is 35.5. The van der Waals surface area contributed by atoms with Gasteiger partial charge in [0, 0.05) is 22.7 Å². The number of anilines is 1. The molecule has 2 rings (SSSR count). The van der Waals surface area contributed by atoms with E-state index in [1.807, 2.05) is 0 Å². The van der Waals surface area contributed by atoms with E-state index in [2.05, 4.69) is 10.5 Å². The number of nitro benzene ring substituents is 2. The van der Waals surface area contributed by atoms with Crippen molar-refractivity contribution in [3.8, 4) is 0 Å². The largest absolute Gasteiger partial charge is 0.301 e. The van der Waals surface area contributed by atoms with E-state index >= 15 is 0 Å². The van der Waals surface area contributed by atoms with Gasteiger partial charge >= 0.3 is 11.4 Å². The van der Waals surface area contributed by atoms with E-state index in [1.54, 1.807) is 24.3 Å². The van der Waals surface area contributed by atoms with Crippen molar-refractivity contribution in [2.24, 2.45) is 5.10 Å². The van der Waals surface area contributed by atoms with Gasteiger partial charge < -0.3 is 0 Å². The first-order chi connectivity index (χ1) is 10.9. The molecule has 2 aromatic carbocycles. The normalized spacial score (nSPS) is 10.7. The summed E-state index contributed by atoms with van der Waals surface area (Å²) in [6, 6.07) is 9.29. The number of nitrogens with one attached hydrogen (secondary N) is 1. The number of hydrogen-bond donors (Lipinski definition) is 1. The number of hydrogen-bond acceptors (Lipinski definition) is 6. The molecule has 0 atom stereocenters. The van der Waals surface area contributed by atoms with E-state index in [-0.39, 0.29) is 5.69 Å². The Hall–Kier alpha value is -3.00. The van der Waals surface area contributed by atoms with E-state index in [9.17, 15) is 20.2 Å². The Morgan fingerprint density at radius 2 is 1.70 bits per heavy atom. The standard InChI is InChI=1S/C14H11ClN4O4/c1-9-6-12(18(20)21)14(13(7-9)19(22)23)17-16-8-10-4-2-3-5-11(10)15/h2-8,17H,1H3/b16-8-. The Bertz CT molecular complexity index is 772. The van der Waals surface area contributed by atoms with Crippen LogP contribution in [0.3, 0.4) is 0 Å². The lowest BCUT2D eigenvalue weighted by atomic mass is 10.1. The van der Waals surface area contributed by atoms with Gasteiger partial charge in [0.1, 0.15) is 0 Å².